The second-order valence-electron chi connectivity index (χ2n) is 9.44. The monoisotopic (exact) mass is 586 g/mol. The van der Waals surface area contributed by atoms with Crippen molar-refractivity contribution in [1.29, 1.82) is 0 Å². The number of thiocarbonyl (C=S) groups is 1. The number of amides is 1. The number of carbonyl (C=O) groups excluding carboxylic acids is 1. The van der Waals surface area contributed by atoms with Crippen molar-refractivity contribution in [1.82, 2.24) is 9.62 Å². The molecule has 1 amide bonds. The van der Waals surface area contributed by atoms with Crippen molar-refractivity contribution in [3.63, 3.8) is 0 Å². The molecule has 39 heavy (non-hydrogen) atoms. The van der Waals surface area contributed by atoms with E-state index in [2.05, 4.69) is 10.6 Å². The zero-order chi connectivity index (χ0) is 28.2. The largest absolute Gasteiger partial charge is 0.491 e. The fourth-order valence-corrected chi connectivity index (χ4v) is 6.15. The Kier molecular flexibility index (Phi) is 9.12. The lowest BCUT2D eigenvalue weighted by molar-refractivity contribution is 0.0977. The van der Waals surface area contributed by atoms with Crippen LogP contribution in [0.4, 0.5) is 11.4 Å². The molecule has 3 aromatic carbocycles. The molecule has 206 valence electrons. The van der Waals surface area contributed by atoms with Gasteiger partial charge in [0.2, 0.25) is 10.0 Å². The predicted molar refractivity (Wildman–Crippen MR) is 159 cm³/mol. The van der Waals surface area contributed by atoms with Gasteiger partial charge in [0.1, 0.15) is 5.75 Å². The van der Waals surface area contributed by atoms with Crippen LogP contribution < -0.4 is 20.3 Å². The van der Waals surface area contributed by atoms with E-state index in [1.54, 1.807) is 60.7 Å². The first-order chi connectivity index (χ1) is 18.5. The van der Waals surface area contributed by atoms with Crippen LogP contribution in [0.2, 0.25) is 5.02 Å². The van der Waals surface area contributed by atoms with Gasteiger partial charge in [0, 0.05) is 31.7 Å². The first-order valence-electron chi connectivity index (χ1n) is 12.5. The van der Waals surface area contributed by atoms with E-state index in [0.29, 0.717) is 53.9 Å². The molecule has 0 atom stereocenters. The molecule has 0 unspecified atom stereocenters. The van der Waals surface area contributed by atoms with Gasteiger partial charge < -0.3 is 15.0 Å². The molecule has 1 aliphatic heterocycles. The highest BCUT2D eigenvalue weighted by molar-refractivity contribution is 7.89. The third-order valence-corrected chi connectivity index (χ3v) is 8.59. The minimum atomic E-state index is -3.59. The Hall–Kier alpha value is -3.18. The van der Waals surface area contributed by atoms with Gasteiger partial charge in [-0.15, -0.1) is 0 Å². The number of piperazine rings is 1. The molecule has 1 aliphatic rings. The Morgan fingerprint density at radius 2 is 1.62 bits per heavy atom. The van der Waals surface area contributed by atoms with Gasteiger partial charge in [-0.05, 0) is 81.5 Å². The summed E-state index contributed by atoms with van der Waals surface area (Å²) in [4.78, 5) is 15.0. The van der Waals surface area contributed by atoms with Crippen molar-refractivity contribution in [3.05, 3.63) is 82.9 Å². The number of benzene rings is 3. The van der Waals surface area contributed by atoms with E-state index >= 15 is 0 Å². The number of nitrogens with one attached hydrogen (secondary N) is 2. The standard InChI is InChI=1S/C28H31ClN4O4S2/c1-19(2)37-22-11-9-21(10-12-22)27(34)31-28(38)30-25-6-4-5-24(29)26(25)32-15-17-33(18-16-32)39(35,36)23-13-7-20(3)8-14-23/h4-14,19H,15-18H2,1-3H3,(H2,30,31,34,38). The van der Waals surface area contributed by atoms with Crippen LogP contribution in [-0.4, -0.2) is 56.0 Å². The molecule has 4 rings (SSSR count). The van der Waals surface area contributed by atoms with Crippen molar-refractivity contribution in [2.45, 2.75) is 31.8 Å². The maximum Gasteiger partial charge on any atom is 0.257 e. The fourth-order valence-electron chi connectivity index (χ4n) is 4.23. The molecule has 2 N–H and O–H groups in total. The van der Waals surface area contributed by atoms with Crippen LogP contribution in [-0.2, 0) is 10.0 Å². The highest BCUT2D eigenvalue weighted by Gasteiger charge is 2.30. The molecule has 1 saturated heterocycles. The van der Waals surface area contributed by atoms with Crippen molar-refractivity contribution < 1.29 is 17.9 Å². The van der Waals surface area contributed by atoms with Gasteiger partial charge in [-0.2, -0.15) is 4.31 Å². The van der Waals surface area contributed by atoms with Crippen LogP contribution in [0.3, 0.4) is 0 Å². The summed E-state index contributed by atoms with van der Waals surface area (Å²) < 4.78 is 33.3. The number of nitrogens with zero attached hydrogens (tertiary/aromatic N) is 2. The smallest absolute Gasteiger partial charge is 0.257 e. The van der Waals surface area contributed by atoms with Gasteiger partial charge in [-0.1, -0.05) is 35.4 Å². The lowest BCUT2D eigenvalue weighted by Crippen LogP contribution is -2.49. The quantitative estimate of drug-likeness (QED) is 0.373. The molecule has 1 heterocycles. The maximum atomic E-state index is 13.1. The Balaban J connectivity index is 1.41. The molecule has 3 aromatic rings. The predicted octanol–water partition coefficient (Wildman–Crippen LogP) is 5.07. The van der Waals surface area contributed by atoms with Crippen LogP contribution >= 0.6 is 23.8 Å². The maximum absolute atomic E-state index is 13.1. The number of rotatable bonds is 7. The molecule has 0 spiro atoms. The van der Waals surface area contributed by atoms with Gasteiger partial charge >= 0.3 is 0 Å². The number of carbonyl (C=O) groups is 1. The lowest BCUT2D eigenvalue weighted by Gasteiger charge is -2.36. The van der Waals surface area contributed by atoms with E-state index in [-0.39, 0.29) is 22.0 Å². The first-order valence-corrected chi connectivity index (χ1v) is 14.8. The summed E-state index contributed by atoms with van der Waals surface area (Å²) in [6.07, 6.45) is 0.0360. The highest BCUT2D eigenvalue weighted by atomic mass is 35.5. The number of hydrogen-bond donors (Lipinski definition) is 2. The summed E-state index contributed by atoms with van der Waals surface area (Å²) >= 11 is 12.0. The van der Waals surface area contributed by atoms with Crippen molar-refractivity contribution in [3.8, 4) is 5.75 Å². The zero-order valence-corrected chi connectivity index (χ0v) is 24.4. The summed E-state index contributed by atoms with van der Waals surface area (Å²) in [5, 5.41) is 6.38. The van der Waals surface area contributed by atoms with Gasteiger partial charge in [0.25, 0.3) is 5.91 Å². The molecule has 1 fully saturated rings. The number of para-hydroxylation sites is 1. The van der Waals surface area contributed by atoms with Crippen LogP contribution in [0.25, 0.3) is 0 Å². The number of ether oxygens (including phenoxy) is 1. The topological polar surface area (TPSA) is 91.0 Å². The average Bonchev–Trinajstić information content (AvgIpc) is 2.89. The van der Waals surface area contributed by atoms with E-state index in [4.69, 9.17) is 28.6 Å². The summed E-state index contributed by atoms with van der Waals surface area (Å²) in [6.45, 7) is 7.27. The van der Waals surface area contributed by atoms with Crippen molar-refractivity contribution in [2.24, 2.45) is 0 Å². The van der Waals surface area contributed by atoms with Gasteiger partial charge in [-0.3, -0.25) is 10.1 Å². The molecule has 8 nitrogen and oxygen atoms in total. The third-order valence-electron chi connectivity index (χ3n) is 6.16. The molecular formula is C28H31ClN4O4S2. The van der Waals surface area contributed by atoms with E-state index in [9.17, 15) is 13.2 Å². The molecule has 0 saturated carbocycles. The second-order valence-corrected chi connectivity index (χ2v) is 12.2. The Morgan fingerprint density at radius 3 is 2.23 bits per heavy atom. The highest BCUT2D eigenvalue weighted by Crippen LogP contribution is 2.35. The fraction of sp³-hybridized carbons (Fsp3) is 0.286. The number of sulfonamides is 1. The number of aryl methyl sites for hydroxylation is 1. The second kappa shape index (κ2) is 12.3. The van der Waals surface area contributed by atoms with E-state index < -0.39 is 10.0 Å². The Bertz CT molecular complexity index is 1440. The van der Waals surface area contributed by atoms with Crippen molar-refractivity contribution in [2.75, 3.05) is 36.4 Å². The van der Waals surface area contributed by atoms with Crippen LogP contribution in [0, 0.1) is 6.92 Å². The van der Waals surface area contributed by atoms with E-state index in [1.165, 1.54) is 4.31 Å². The first kappa shape index (κ1) is 28.8. The van der Waals surface area contributed by atoms with Gasteiger partial charge in [0.05, 0.1) is 27.4 Å². The molecule has 0 bridgehead atoms. The van der Waals surface area contributed by atoms with Gasteiger partial charge in [-0.25, -0.2) is 8.42 Å². The van der Waals surface area contributed by atoms with E-state index in [1.807, 2.05) is 31.7 Å². The minimum Gasteiger partial charge on any atom is -0.491 e. The normalized spacial score (nSPS) is 14.2. The average molecular weight is 587 g/mol. The molecule has 0 radical (unpaired) electrons. The number of hydrogen-bond acceptors (Lipinski definition) is 6. The van der Waals surface area contributed by atoms with Crippen molar-refractivity contribution >= 4 is 56.2 Å². The van der Waals surface area contributed by atoms with Gasteiger partial charge in [0.15, 0.2) is 5.11 Å². The summed E-state index contributed by atoms with van der Waals surface area (Å²) in [6, 6.07) is 19.0. The number of halogens is 1. The lowest BCUT2D eigenvalue weighted by atomic mass is 10.2. The molecular weight excluding hydrogens is 556 g/mol. The SMILES string of the molecule is Cc1ccc(S(=O)(=O)N2CCN(c3c(Cl)cccc3NC(=S)NC(=O)c3ccc(OC(C)C)cc3)CC2)cc1. The minimum absolute atomic E-state index is 0.0360. The Morgan fingerprint density at radius 1 is 0.974 bits per heavy atom. The zero-order valence-electron chi connectivity index (χ0n) is 22.0. The third kappa shape index (κ3) is 7.07. The molecule has 0 aliphatic carbocycles. The van der Waals surface area contributed by atoms with Crippen LogP contribution in [0.15, 0.2) is 71.6 Å². The molecule has 11 heteroatoms. The summed E-state index contributed by atoms with van der Waals surface area (Å²) in [5.41, 5.74) is 2.75. The summed E-state index contributed by atoms with van der Waals surface area (Å²) in [5.74, 6) is 0.319. The van der Waals surface area contributed by atoms with E-state index in [0.717, 1.165) is 5.56 Å². The van der Waals surface area contributed by atoms with Crippen LogP contribution in [0.5, 0.6) is 5.75 Å². The summed E-state index contributed by atoms with van der Waals surface area (Å²) in [7, 11) is -3.59. The molecule has 0 aromatic heterocycles. The van der Waals surface area contributed by atoms with Crippen LogP contribution in [0.1, 0.15) is 29.8 Å². The number of anilines is 2. The Labute approximate surface area is 240 Å².